The fraction of sp³-hybridized carbons (Fsp3) is 0.400. The first-order chi connectivity index (χ1) is 7.24. The average molecular weight is 292 g/mol. The number of nitrogens with zero attached hydrogens (tertiary/aromatic N) is 1. The van der Waals surface area contributed by atoms with E-state index in [1.165, 1.54) is 0 Å². The van der Waals surface area contributed by atoms with Crippen LogP contribution >= 0.6 is 27.5 Å². The Morgan fingerprint density at radius 2 is 2.33 bits per heavy atom. The monoisotopic (exact) mass is 290 g/mol. The molecule has 0 fully saturated rings. The van der Waals surface area contributed by atoms with Gasteiger partial charge in [-0.15, -0.1) is 11.6 Å². The molecule has 15 heavy (non-hydrogen) atoms. The van der Waals surface area contributed by atoms with Gasteiger partial charge in [0.05, 0.1) is 10.2 Å². The van der Waals surface area contributed by atoms with Gasteiger partial charge in [0.15, 0.2) is 0 Å². The van der Waals surface area contributed by atoms with Gasteiger partial charge in [-0.2, -0.15) is 0 Å². The Hall–Kier alpha value is -0.610. The number of hydrogen-bond donors (Lipinski definition) is 1. The molecule has 0 aromatic carbocycles. The molecule has 0 aliphatic carbocycles. The fourth-order valence-corrected chi connectivity index (χ4v) is 1.61. The number of carbonyl (C=O) groups is 1. The molecule has 0 saturated carbocycles. The van der Waals surface area contributed by atoms with Crippen molar-refractivity contribution < 1.29 is 4.79 Å². The van der Waals surface area contributed by atoms with Crippen molar-refractivity contribution in [3.8, 4) is 0 Å². The first-order valence-corrected chi connectivity index (χ1v) is 6.02. The molecule has 0 radical (unpaired) electrons. The molecule has 82 valence electrons. The normalized spacial score (nSPS) is 10.0. The van der Waals surface area contributed by atoms with Crippen LogP contribution in [0.1, 0.15) is 19.3 Å². The molecular weight excluding hydrogens is 279 g/mol. The fourth-order valence-electron chi connectivity index (χ4n) is 1.07. The van der Waals surface area contributed by atoms with Crippen LogP contribution in [0.5, 0.6) is 0 Å². The van der Waals surface area contributed by atoms with E-state index in [9.17, 15) is 4.79 Å². The van der Waals surface area contributed by atoms with Crippen molar-refractivity contribution in [2.75, 3.05) is 11.2 Å². The van der Waals surface area contributed by atoms with Crippen LogP contribution in [0.2, 0.25) is 0 Å². The molecule has 0 atom stereocenters. The second-order valence-corrected chi connectivity index (χ2v) is 4.28. The van der Waals surface area contributed by atoms with Crippen molar-refractivity contribution in [1.29, 1.82) is 0 Å². The molecule has 5 heteroatoms. The Labute approximate surface area is 102 Å². The maximum Gasteiger partial charge on any atom is 0.224 e. The topological polar surface area (TPSA) is 42.0 Å². The predicted molar refractivity (Wildman–Crippen MR) is 65.1 cm³/mol. The SMILES string of the molecule is O=C(CCCCCl)Nc1ccncc1Br. The van der Waals surface area contributed by atoms with Gasteiger partial charge in [-0.1, -0.05) is 0 Å². The summed E-state index contributed by atoms with van der Waals surface area (Å²) in [6.07, 6.45) is 5.47. The molecule has 1 aromatic heterocycles. The Morgan fingerprint density at radius 3 is 3.00 bits per heavy atom. The number of amides is 1. The second kappa shape index (κ2) is 6.80. The van der Waals surface area contributed by atoms with Gasteiger partial charge in [0, 0.05) is 24.7 Å². The molecule has 0 spiro atoms. The van der Waals surface area contributed by atoms with Crippen molar-refractivity contribution in [2.24, 2.45) is 0 Å². The van der Waals surface area contributed by atoms with E-state index in [4.69, 9.17) is 11.6 Å². The molecule has 1 heterocycles. The Bertz CT molecular complexity index is 333. The maximum absolute atomic E-state index is 11.4. The summed E-state index contributed by atoms with van der Waals surface area (Å²) in [6, 6.07) is 1.75. The summed E-state index contributed by atoms with van der Waals surface area (Å²) >= 11 is 8.83. The highest BCUT2D eigenvalue weighted by atomic mass is 79.9. The Balaban J connectivity index is 2.41. The molecule has 3 nitrogen and oxygen atoms in total. The second-order valence-electron chi connectivity index (χ2n) is 3.05. The summed E-state index contributed by atoms with van der Waals surface area (Å²) in [5.41, 5.74) is 0.751. The largest absolute Gasteiger partial charge is 0.325 e. The first kappa shape index (κ1) is 12.5. The van der Waals surface area contributed by atoms with Crippen LogP contribution in [-0.4, -0.2) is 16.8 Å². The number of rotatable bonds is 5. The van der Waals surface area contributed by atoms with E-state index in [1.807, 2.05) is 0 Å². The van der Waals surface area contributed by atoms with Crippen LogP contribution in [-0.2, 0) is 4.79 Å². The highest BCUT2D eigenvalue weighted by Gasteiger charge is 2.04. The Morgan fingerprint density at radius 1 is 1.53 bits per heavy atom. The molecule has 1 N–H and O–H groups in total. The van der Waals surface area contributed by atoms with Crippen molar-refractivity contribution >= 4 is 39.1 Å². The minimum atomic E-state index is 0.00650. The number of nitrogens with one attached hydrogen (secondary N) is 1. The number of aromatic nitrogens is 1. The third-order valence-corrected chi connectivity index (χ3v) is 2.73. The van der Waals surface area contributed by atoms with Crippen LogP contribution in [0.4, 0.5) is 5.69 Å². The molecule has 0 unspecified atom stereocenters. The van der Waals surface area contributed by atoms with Crippen molar-refractivity contribution in [1.82, 2.24) is 4.98 Å². The highest BCUT2D eigenvalue weighted by Crippen LogP contribution is 2.20. The van der Waals surface area contributed by atoms with Crippen molar-refractivity contribution in [2.45, 2.75) is 19.3 Å². The van der Waals surface area contributed by atoms with Gasteiger partial charge in [0.1, 0.15) is 0 Å². The number of alkyl halides is 1. The molecular formula is C10H12BrClN2O. The average Bonchev–Trinajstić information content (AvgIpc) is 2.22. The molecule has 1 amide bonds. The van der Waals surface area contributed by atoms with E-state index in [0.29, 0.717) is 12.3 Å². The summed E-state index contributed by atoms with van der Waals surface area (Å²) in [6.45, 7) is 0. The molecule has 0 saturated heterocycles. The summed E-state index contributed by atoms with van der Waals surface area (Å²) in [5, 5.41) is 2.80. The standard InChI is InChI=1S/C10H12BrClN2O/c11-8-7-13-6-4-9(8)14-10(15)3-1-2-5-12/h4,6-7H,1-3,5H2,(H,13,14,15). The quantitative estimate of drug-likeness (QED) is 0.669. The number of unbranched alkanes of at least 4 members (excludes halogenated alkanes) is 1. The smallest absolute Gasteiger partial charge is 0.224 e. The van der Waals surface area contributed by atoms with Crippen LogP contribution < -0.4 is 5.32 Å². The number of hydrogen-bond acceptors (Lipinski definition) is 2. The van der Waals surface area contributed by atoms with E-state index in [2.05, 4.69) is 26.2 Å². The predicted octanol–water partition coefficient (Wildman–Crippen LogP) is 3.19. The van der Waals surface area contributed by atoms with E-state index < -0.39 is 0 Å². The van der Waals surface area contributed by atoms with E-state index in [1.54, 1.807) is 18.5 Å². The van der Waals surface area contributed by atoms with Gasteiger partial charge < -0.3 is 5.32 Å². The van der Waals surface area contributed by atoms with Crippen LogP contribution in [0.15, 0.2) is 22.9 Å². The zero-order chi connectivity index (χ0) is 11.1. The van der Waals surface area contributed by atoms with Gasteiger partial charge >= 0.3 is 0 Å². The first-order valence-electron chi connectivity index (χ1n) is 4.69. The lowest BCUT2D eigenvalue weighted by Gasteiger charge is -2.05. The number of carbonyl (C=O) groups excluding carboxylic acids is 1. The summed E-state index contributed by atoms with van der Waals surface area (Å²) in [7, 11) is 0. The zero-order valence-electron chi connectivity index (χ0n) is 8.17. The Kier molecular flexibility index (Phi) is 5.65. The summed E-state index contributed by atoms with van der Waals surface area (Å²) in [4.78, 5) is 15.4. The summed E-state index contributed by atoms with van der Waals surface area (Å²) in [5.74, 6) is 0.610. The molecule has 0 bridgehead atoms. The van der Waals surface area contributed by atoms with Crippen molar-refractivity contribution in [3.05, 3.63) is 22.9 Å². The third kappa shape index (κ3) is 4.62. The molecule has 0 aliphatic heterocycles. The van der Waals surface area contributed by atoms with Gasteiger partial charge in [-0.25, -0.2) is 0 Å². The van der Waals surface area contributed by atoms with Crippen LogP contribution in [0, 0.1) is 0 Å². The zero-order valence-corrected chi connectivity index (χ0v) is 10.5. The lowest BCUT2D eigenvalue weighted by molar-refractivity contribution is -0.116. The lowest BCUT2D eigenvalue weighted by atomic mass is 10.2. The number of pyridine rings is 1. The van der Waals surface area contributed by atoms with E-state index in [-0.39, 0.29) is 5.91 Å². The van der Waals surface area contributed by atoms with E-state index >= 15 is 0 Å². The van der Waals surface area contributed by atoms with Crippen LogP contribution in [0.3, 0.4) is 0 Å². The molecule has 1 rings (SSSR count). The maximum atomic E-state index is 11.4. The minimum absolute atomic E-state index is 0.00650. The molecule has 1 aromatic rings. The highest BCUT2D eigenvalue weighted by molar-refractivity contribution is 9.10. The van der Waals surface area contributed by atoms with Crippen molar-refractivity contribution in [3.63, 3.8) is 0 Å². The van der Waals surface area contributed by atoms with Crippen LogP contribution in [0.25, 0.3) is 0 Å². The lowest BCUT2D eigenvalue weighted by Crippen LogP contribution is -2.11. The number of anilines is 1. The number of halogens is 2. The van der Waals surface area contributed by atoms with Gasteiger partial charge in [0.25, 0.3) is 0 Å². The summed E-state index contributed by atoms with van der Waals surface area (Å²) < 4.78 is 0.788. The van der Waals surface area contributed by atoms with Gasteiger partial charge in [0.2, 0.25) is 5.91 Å². The third-order valence-electron chi connectivity index (χ3n) is 1.83. The van der Waals surface area contributed by atoms with Gasteiger partial charge in [-0.05, 0) is 34.8 Å². The molecule has 0 aliphatic rings. The van der Waals surface area contributed by atoms with E-state index in [0.717, 1.165) is 23.0 Å². The van der Waals surface area contributed by atoms with Gasteiger partial charge in [-0.3, -0.25) is 9.78 Å². The minimum Gasteiger partial charge on any atom is -0.325 e.